The van der Waals surface area contributed by atoms with E-state index in [0.717, 1.165) is 17.7 Å². The molecule has 0 unspecified atom stereocenters. The van der Waals surface area contributed by atoms with Gasteiger partial charge in [0.05, 0.1) is 6.10 Å². The monoisotopic (exact) mass is 252 g/mol. The maximum absolute atomic E-state index is 11.8. The van der Waals surface area contributed by atoms with Crippen LogP contribution in [0.5, 0.6) is 0 Å². The van der Waals surface area contributed by atoms with E-state index in [0.29, 0.717) is 0 Å². The second-order valence-electron chi connectivity index (χ2n) is 4.93. The fourth-order valence-electron chi connectivity index (χ4n) is 2.22. The minimum Gasteiger partial charge on any atom is -0.459 e. The first kappa shape index (κ1) is 12.6. The summed E-state index contributed by atoms with van der Waals surface area (Å²) in [6, 6.07) is 2.05. The molecule has 0 saturated heterocycles. The molecule has 0 aliphatic heterocycles. The Morgan fingerprint density at radius 3 is 2.65 bits per heavy atom. The van der Waals surface area contributed by atoms with Crippen LogP contribution < -0.4 is 0 Å². The highest BCUT2D eigenvalue weighted by atomic mass is 32.1. The van der Waals surface area contributed by atoms with Crippen molar-refractivity contribution in [2.24, 2.45) is 0 Å². The van der Waals surface area contributed by atoms with E-state index < -0.39 is 0 Å². The summed E-state index contributed by atoms with van der Waals surface area (Å²) in [7, 11) is 0. The Morgan fingerprint density at radius 1 is 1.24 bits per heavy atom. The summed E-state index contributed by atoms with van der Waals surface area (Å²) >= 11 is 1.63. The van der Waals surface area contributed by atoms with Crippen LogP contribution in [-0.4, -0.2) is 12.1 Å². The van der Waals surface area contributed by atoms with Crippen molar-refractivity contribution in [3.8, 4) is 0 Å². The molecule has 1 aromatic heterocycles. The highest BCUT2D eigenvalue weighted by molar-refractivity contribution is 7.14. The summed E-state index contributed by atoms with van der Waals surface area (Å²) < 4.78 is 5.25. The number of carbonyl (C=O) groups is 1. The smallest absolute Gasteiger partial charge is 0.348 e. The molecule has 0 spiro atoms. The molecule has 1 heterocycles. The van der Waals surface area contributed by atoms with Gasteiger partial charge in [0.2, 0.25) is 0 Å². The number of fused-ring (bicyclic) bond motifs is 1. The highest BCUT2D eigenvalue weighted by Crippen LogP contribution is 2.29. The van der Waals surface area contributed by atoms with Crippen LogP contribution in [0.2, 0.25) is 0 Å². The van der Waals surface area contributed by atoms with Crippen molar-refractivity contribution < 1.29 is 9.53 Å². The van der Waals surface area contributed by atoms with Crippen LogP contribution in [0.3, 0.4) is 0 Å². The first-order valence-electron chi connectivity index (χ1n) is 6.49. The molecule has 1 aliphatic carbocycles. The Kier molecular flexibility index (Phi) is 4.21. The van der Waals surface area contributed by atoms with E-state index in [1.807, 2.05) is 13.8 Å². The summed E-state index contributed by atoms with van der Waals surface area (Å²) in [5.74, 6) is -0.156. The molecule has 17 heavy (non-hydrogen) atoms. The van der Waals surface area contributed by atoms with E-state index in [9.17, 15) is 4.79 Å². The quantitative estimate of drug-likeness (QED) is 0.744. The normalized spacial score (nSPS) is 16.2. The van der Waals surface area contributed by atoms with Crippen molar-refractivity contribution in [2.45, 2.75) is 58.5 Å². The van der Waals surface area contributed by atoms with Crippen LogP contribution in [0.1, 0.15) is 59.6 Å². The summed E-state index contributed by atoms with van der Waals surface area (Å²) in [5, 5.41) is 0. The van der Waals surface area contributed by atoms with Gasteiger partial charge in [-0.05, 0) is 51.2 Å². The number of thiophene rings is 1. The topological polar surface area (TPSA) is 26.3 Å². The molecule has 2 nitrogen and oxygen atoms in total. The Bertz CT molecular complexity index is 367. The zero-order valence-electron chi connectivity index (χ0n) is 10.6. The second-order valence-corrected chi connectivity index (χ2v) is 6.06. The number of hydrogen-bond donors (Lipinski definition) is 0. The Hall–Kier alpha value is -0.830. The molecule has 1 aromatic rings. The Balaban J connectivity index is 2.14. The van der Waals surface area contributed by atoms with Gasteiger partial charge in [0.25, 0.3) is 0 Å². The molecule has 1 aliphatic rings. The van der Waals surface area contributed by atoms with Gasteiger partial charge >= 0.3 is 5.97 Å². The maximum Gasteiger partial charge on any atom is 0.348 e. The van der Waals surface area contributed by atoms with Crippen molar-refractivity contribution in [2.75, 3.05) is 0 Å². The summed E-state index contributed by atoms with van der Waals surface area (Å²) in [5.41, 5.74) is 1.38. The van der Waals surface area contributed by atoms with Gasteiger partial charge in [-0.15, -0.1) is 11.3 Å². The molecule has 3 heteroatoms. The van der Waals surface area contributed by atoms with Gasteiger partial charge in [-0.25, -0.2) is 4.79 Å². The van der Waals surface area contributed by atoms with Crippen molar-refractivity contribution in [1.82, 2.24) is 0 Å². The van der Waals surface area contributed by atoms with Gasteiger partial charge in [0.15, 0.2) is 0 Å². The van der Waals surface area contributed by atoms with Crippen molar-refractivity contribution in [3.63, 3.8) is 0 Å². The molecule has 0 amide bonds. The predicted molar refractivity (Wildman–Crippen MR) is 70.7 cm³/mol. The molecule has 0 aromatic carbocycles. The molecular weight excluding hydrogens is 232 g/mol. The standard InChI is InChI=1S/C14H20O2S/c1-10(2)16-14(15)13-9-11-7-5-3-4-6-8-12(11)17-13/h9-10H,3-8H2,1-2H3. The minimum atomic E-state index is -0.156. The fourth-order valence-corrected chi connectivity index (χ4v) is 3.35. The Labute approximate surface area is 107 Å². The zero-order chi connectivity index (χ0) is 12.3. The van der Waals surface area contributed by atoms with E-state index in [2.05, 4.69) is 6.07 Å². The van der Waals surface area contributed by atoms with Crippen LogP contribution in [0.4, 0.5) is 0 Å². The fraction of sp³-hybridized carbons (Fsp3) is 0.643. The lowest BCUT2D eigenvalue weighted by atomic mass is 10.00. The average molecular weight is 252 g/mol. The van der Waals surface area contributed by atoms with Gasteiger partial charge in [-0.3, -0.25) is 0 Å². The molecule has 0 bridgehead atoms. The largest absolute Gasteiger partial charge is 0.459 e. The van der Waals surface area contributed by atoms with Crippen LogP contribution >= 0.6 is 11.3 Å². The molecule has 0 fully saturated rings. The summed E-state index contributed by atoms with van der Waals surface area (Å²) in [6.07, 6.45) is 7.38. The van der Waals surface area contributed by atoms with Crippen LogP contribution in [0.15, 0.2) is 6.07 Å². The lowest BCUT2D eigenvalue weighted by Crippen LogP contribution is -2.10. The van der Waals surface area contributed by atoms with Crippen molar-refractivity contribution in [3.05, 3.63) is 21.4 Å². The lowest BCUT2D eigenvalue weighted by molar-refractivity contribution is 0.0384. The molecule has 0 radical (unpaired) electrons. The number of carbonyl (C=O) groups excluding carboxylic acids is 1. The number of aryl methyl sites for hydroxylation is 2. The van der Waals surface area contributed by atoms with E-state index in [4.69, 9.17) is 4.74 Å². The van der Waals surface area contributed by atoms with E-state index in [-0.39, 0.29) is 12.1 Å². The number of rotatable bonds is 2. The molecule has 0 saturated carbocycles. The SMILES string of the molecule is CC(C)OC(=O)c1cc2c(s1)CCCCCC2. The van der Waals surface area contributed by atoms with E-state index in [1.165, 1.54) is 36.1 Å². The minimum absolute atomic E-state index is 0.0350. The first-order chi connectivity index (χ1) is 8.16. The van der Waals surface area contributed by atoms with Crippen molar-refractivity contribution in [1.29, 1.82) is 0 Å². The Morgan fingerprint density at radius 2 is 1.94 bits per heavy atom. The lowest BCUT2D eigenvalue weighted by Gasteiger charge is -2.07. The summed E-state index contributed by atoms with van der Waals surface area (Å²) in [4.78, 5) is 14.0. The van der Waals surface area contributed by atoms with Gasteiger partial charge in [0, 0.05) is 4.88 Å². The number of esters is 1. The molecular formula is C14H20O2S. The van der Waals surface area contributed by atoms with Gasteiger partial charge in [0.1, 0.15) is 4.88 Å². The van der Waals surface area contributed by atoms with Crippen LogP contribution in [0, 0.1) is 0 Å². The highest BCUT2D eigenvalue weighted by Gasteiger charge is 2.17. The second kappa shape index (κ2) is 5.67. The number of hydrogen-bond acceptors (Lipinski definition) is 3. The van der Waals surface area contributed by atoms with Crippen LogP contribution in [-0.2, 0) is 17.6 Å². The first-order valence-corrected chi connectivity index (χ1v) is 7.31. The third-order valence-corrected chi connectivity index (χ3v) is 4.26. The van der Waals surface area contributed by atoms with Gasteiger partial charge < -0.3 is 4.74 Å². The third kappa shape index (κ3) is 3.32. The maximum atomic E-state index is 11.8. The van der Waals surface area contributed by atoms with Gasteiger partial charge in [-0.1, -0.05) is 12.8 Å². The zero-order valence-corrected chi connectivity index (χ0v) is 11.4. The summed E-state index contributed by atoms with van der Waals surface area (Å²) in [6.45, 7) is 3.78. The predicted octanol–water partition coefficient (Wildman–Crippen LogP) is 3.97. The number of ether oxygens (including phenoxy) is 1. The van der Waals surface area contributed by atoms with Gasteiger partial charge in [-0.2, -0.15) is 0 Å². The average Bonchev–Trinajstić information content (AvgIpc) is 2.60. The molecule has 0 atom stereocenters. The molecule has 2 rings (SSSR count). The molecule has 0 N–H and O–H groups in total. The van der Waals surface area contributed by atoms with Crippen LogP contribution in [0.25, 0.3) is 0 Å². The van der Waals surface area contributed by atoms with Crippen molar-refractivity contribution >= 4 is 17.3 Å². The molecule has 94 valence electrons. The van der Waals surface area contributed by atoms with E-state index in [1.54, 1.807) is 11.3 Å². The van der Waals surface area contributed by atoms with E-state index >= 15 is 0 Å². The third-order valence-electron chi connectivity index (χ3n) is 3.04.